The molecule has 8 nitrogen and oxygen atoms in total. The smallest absolute Gasteiger partial charge is 0.254 e. The highest BCUT2D eigenvalue weighted by Gasteiger charge is 2.30. The van der Waals surface area contributed by atoms with E-state index in [2.05, 4.69) is 15.6 Å². The first-order valence-corrected chi connectivity index (χ1v) is 11.0. The van der Waals surface area contributed by atoms with Gasteiger partial charge in [0.25, 0.3) is 5.91 Å². The van der Waals surface area contributed by atoms with Crippen LogP contribution in [-0.2, 0) is 24.6 Å². The molecular formula is C24H25FN4O4. The molecule has 2 aromatic carbocycles. The van der Waals surface area contributed by atoms with Gasteiger partial charge in [0.15, 0.2) is 0 Å². The highest BCUT2D eigenvalue weighted by atomic mass is 19.1. The Bertz CT molecular complexity index is 1180. The standard InChI is InChI=1S/C24H25FN4O4/c1-29-12-20(27-28-29)15-4-2-14(3-5-15)10-16-11-18(22(25)17-6-9-33-23(16)17)24(31)26-19-7-8-32-13-21(19)30/h2-5,11-12,19,21,30H,6-10,13H2,1H3,(H,26,31)/t19?,21-/m0/s1. The van der Waals surface area contributed by atoms with Crippen LogP contribution >= 0.6 is 0 Å². The second kappa shape index (κ2) is 8.92. The molecule has 0 aliphatic carbocycles. The summed E-state index contributed by atoms with van der Waals surface area (Å²) < 4.78 is 27.8. The number of aromatic nitrogens is 3. The normalized spacial score (nSPS) is 19.7. The molecule has 33 heavy (non-hydrogen) atoms. The van der Waals surface area contributed by atoms with Gasteiger partial charge >= 0.3 is 0 Å². The lowest BCUT2D eigenvalue weighted by Crippen LogP contribution is -2.48. The Morgan fingerprint density at radius 3 is 2.85 bits per heavy atom. The van der Waals surface area contributed by atoms with E-state index >= 15 is 4.39 Å². The van der Waals surface area contributed by atoms with Gasteiger partial charge in [-0.05, 0) is 23.6 Å². The Kier molecular flexibility index (Phi) is 5.82. The molecule has 1 fully saturated rings. The molecule has 0 saturated carbocycles. The molecule has 0 spiro atoms. The Morgan fingerprint density at radius 1 is 1.30 bits per heavy atom. The van der Waals surface area contributed by atoms with Crippen LogP contribution in [0.25, 0.3) is 11.3 Å². The van der Waals surface area contributed by atoms with E-state index in [1.54, 1.807) is 10.7 Å². The topological polar surface area (TPSA) is 98.5 Å². The second-order valence-electron chi connectivity index (χ2n) is 8.47. The summed E-state index contributed by atoms with van der Waals surface area (Å²) >= 11 is 0. The van der Waals surface area contributed by atoms with Crippen molar-refractivity contribution in [3.63, 3.8) is 0 Å². The maximum absolute atomic E-state index is 15.2. The van der Waals surface area contributed by atoms with Crippen LogP contribution in [0.15, 0.2) is 36.5 Å². The average molecular weight is 452 g/mol. The SMILES string of the molecule is Cn1cc(-c2ccc(Cc3cc(C(=O)NC4CCOC[C@@H]4O)c(F)c4c3OCC4)cc2)nn1. The Labute approximate surface area is 190 Å². The van der Waals surface area contributed by atoms with Gasteiger partial charge in [0.2, 0.25) is 0 Å². The number of halogens is 1. The highest BCUT2D eigenvalue weighted by Crippen LogP contribution is 2.35. The van der Waals surface area contributed by atoms with Gasteiger partial charge in [-0.3, -0.25) is 9.48 Å². The quantitative estimate of drug-likeness (QED) is 0.615. The zero-order valence-corrected chi connectivity index (χ0v) is 18.3. The van der Waals surface area contributed by atoms with Crippen LogP contribution in [0, 0.1) is 5.82 Å². The molecule has 1 aromatic heterocycles. The largest absolute Gasteiger partial charge is 0.493 e. The average Bonchev–Trinajstić information content (AvgIpc) is 3.47. The van der Waals surface area contributed by atoms with Crippen molar-refractivity contribution in [3.8, 4) is 17.0 Å². The number of aryl methyl sites for hydroxylation is 1. The molecule has 1 saturated heterocycles. The van der Waals surface area contributed by atoms with E-state index in [-0.39, 0.29) is 12.2 Å². The van der Waals surface area contributed by atoms with Crippen molar-refractivity contribution in [1.29, 1.82) is 0 Å². The number of aliphatic hydroxyl groups is 1. The third-order valence-electron chi connectivity index (χ3n) is 6.12. The summed E-state index contributed by atoms with van der Waals surface area (Å²) in [6, 6.07) is 8.98. The molecule has 1 amide bonds. The monoisotopic (exact) mass is 452 g/mol. The minimum absolute atomic E-state index is 0.0240. The molecule has 2 N–H and O–H groups in total. The highest BCUT2D eigenvalue weighted by molar-refractivity contribution is 5.95. The number of aliphatic hydroxyl groups excluding tert-OH is 1. The van der Waals surface area contributed by atoms with Crippen LogP contribution in [0.1, 0.15) is 33.5 Å². The maximum atomic E-state index is 15.2. The molecule has 0 bridgehead atoms. The molecule has 5 rings (SSSR count). The Morgan fingerprint density at radius 2 is 2.12 bits per heavy atom. The van der Waals surface area contributed by atoms with E-state index in [0.29, 0.717) is 43.8 Å². The number of nitrogens with zero attached hydrogens (tertiary/aromatic N) is 3. The van der Waals surface area contributed by atoms with Crippen LogP contribution in [0.5, 0.6) is 5.75 Å². The molecule has 3 aromatic rings. The summed E-state index contributed by atoms with van der Waals surface area (Å²) in [4.78, 5) is 12.9. The third kappa shape index (κ3) is 4.34. The molecular weight excluding hydrogens is 427 g/mol. The Balaban J connectivity index is 1.40. The lowest BCUT2D eigenvalue weighted by molar-refractivity contribution is -0.0261. The van der Waals surface area contributed by atoms with Gasteiger partial charge < -0.3 is 19.9 Å². The van der Waals surface area contributed by atoms with Crippen LogP contribution in [0.4, 0.5) is 4.39 Å². The van der Waals surface area contributed by atoms with Crippen molar-refractivity contribution in [1.82, 2.24) is 20.3 Å². The van der Waals surface area contributed by atoms with E-state index in [1.807, 2.05) is 37.5 Å². The summed E-state index contributed by atoms with van der Waals surface area (Å²) in [7, 11) is 1.82. The van der Waals surface area contributed by atoms with E-state index in [4.69, 9.17) is 9.47 Å². The molecule has 3 heterocycles. The number of benzene rings is 2. The number of ether oxygens (including phenoxy) is 2. The van der Waals surface area contributed by atoms with Crippen molar-refractivity contribution in [3.05, 3.63) is 64.6 Å². The molecule has 2 atom stereocenters. The van der Waals surface area contributed by atoms with Crippen LogP contribution in [-0.4, -0.2) is 58.0 Å². The number of carbonyl (C=O) groups is 1. The number of hydrogen-bond acceptors (Lipinski definition) is 6. The fraction of sp³-hybridized carbons (Fsp3) is 0.375. The fourth-order valence-electron chi connectivity index (χ4n) is 4.34. The van der Waals surface area contributed by atoms with E-state index in [9.17, 15) is 9.90 Å². The lowest BCUT2D eigenvalue weighted by atomic mass is 9.96. The summed E-state index contributed by atoms with van der Waals surface area (Å²) in [5.74, 6) is -0.566. The predicted molar refractivity (Wildman–Crippen MR) is 118 cm³/mol. The van der Waals surface area contributed by atoms with Gasteiger partial charge in [-0.15, -0.1) is 5.10 Å². The molecule has 2 aliphatic heterocycles. The summed E-state index contributed by atoms with van der Waals surface area (Å²) in [5.41, 5.74) is 3.89. The first-order chi connectivity index (χ1) is 16.0. The zero-order valence-electron chi connectivity index (χ0n) is 18.3. The molecule has 0 radical (unpaired) electrons. The van der Waals surface area contributed by atoms with Gasteiger partial charge in [-0.2, -0.15) is 0 Å². The number of fused-ring (bicyclic) bond motifs is 1. The van der Waals surface area contributed by atoms with Crippen molar-refractivity contribution >= 4 is 5.91 Å². The maximum Gasteiger partial charge on any atom is 0.254 e. The summed E-state index contributed by atoms with van der Waals surface area (Å²) in [6.45, 7) is 0.980. The van der Waals surface area contributed by atoms with E-state index in [0.717, 1.165) is 22.4 Å². The fourth-order valence-corrected chi connectivity index (χ4v) is 4.34. The van der Waals surface area contributed by atoms with Gasteiger partial charge in [-0.25, -0.2) is 4.39 Å². The number of carbonyl (C=O) groups excluding carboxylic acids is 1. The first kappa shape index (κ1) is 21.5. The lowest BCUT2D eigenvalue weighted by Gasteiger charge is -2.28. The van der Waals surface area contributed by atoms with Crippen LogP contribution < -0.4 is 10.1 Å². The minimum Gasteiger partial charge on any atom is -0.493 e. The van der Waals surface area contributed by atoms with E-state index < -0.39 is 23.9 Å². The van der Waals surface area contributed by atoms with Gasteiger partial charge in [-0.1, -0.05) is 29.5 Å². The number of rotatable bonds is 5. The number of hydrogen-bond donors (Lipinski definition) is 2. The van der Waals surface area contributed by atoms with Crippen molar-refractivity contribution < 1.29 is 23.8 Å². The Hall–Kier alpha value is -3.30. The van der Waals surface area contributed by atoms with Gasteiger partial charge in [0, 0.05) is 37.6 Å². The van der Waals surface area contributed by atoms with Crippen LogP contribution in [0.3, 0.4) is 0 Å². The molecule has 2 aliphatic rings. The molecule has 9 heteroatoms. The number of amides is 1. The number of nitrogens with one attached hydrogen (secondary N) is 1. The first-order valence-electron chi connectivity index (χ1n) is 11.0. The third-order valence-corrected chi connectivity index (χ3v) is 6.12. The predicted octanol–water partition coefficient (Wildman–Crippen LogP) is 2.03. The van der Waals surface area contributed by atoms with Crippen molar-refractivity contribution in [2.45, 2.75) is 31.4 Å². The van der Waals surface area contributed by atoms with Crippen LogP contribution in [0.2, 0.25) is 0 Å². The van der Waals surface area contributed by atoms with Crippen molar-refractivity contribution in [2.75, 3.05) is 19.8 Å². The molecule has 172 valence electrons. The molecule has 1 unspecified atom stereocenters. The minimum atomic E-state index is -0.809. The summed E-state index contributed by atoms with van der Waals surface area (Å²) in [5, 5.41) is 20.9. The summed E-state index contributed by atoms with van der Waals surface area (Å²) in [6.07, 6.45) is 2.42. The van der Waals surface area contributed by atoms with Gasteiger partial charge in [0.1, 0.15) is 17.3 Å². The van der Waals surface area contributed by atoms with Crippen molar-refractivity contribution in [2.24, 2.45) is 7.05 Å². The van der Waals surface area contributed by atoms with E-state index in [1.165, 1.54) is 0 Å². The second-order valence-corrected chi connectivity index (χ2v) is 8.47. The van der Waals surface area contributed by atoms with Gasteiger partial charge in [0.05, 0.1) is 37.1 Å². The zero-order chi connectivity index (χ0) is 22.9.